The molecule has 21 heavy (non-hydrogen) atoms. The monoisotopic (exact) mass is 353 g/mol. The van der Waals surface area contributed by atoms with Gasteiger partial charge in [0.05, 0.1) is 0 Å². The quantitative estimate of drug-likeness (QED) is 0.789. The molecule has 2 atom stereocenters. The normalized spacial score (nSPS) is 25.8. The van der Waals surface area contributed by atoms with Gasteiger partial charge in [0, 0.05) is 10.2 Å². The minimum Gasteiger partial charge on any atom is -0.480 e. The molecule has 0 amide bonds. The van der Waals surface area contributed by atoms with Gasteiger partial charge in [0.1, 0.15) is 5.54 Å². The number of para-hydroxylation sites is 1. The van der Waals surface area contributed by atoms with E-state index in [1.807, 2.05) is 24.3 Å². The fraction of sp³-hybridized carbons (Fsp3) is 0.588. The zero-order valence-corrected chi connectivity index (χ0v) is 14.3. The summed E-state index contributed by atoms with van der Waals surface area (Å²) in [7, 11) is 0. The van der Waals surface area contributed by atoms with E-state index in [4.69, 9.17) is 0 Å². The van der Waals surface area contributed by atoms with Gasteiger partial charge >= 0.3 is 5.97 Å². The number of carboxylic acids is 1. The molecule has 2 N–H and O–H groups in total. The second kappa shape index (κ2) is 6.82. The third kappa shape index (κ3) is 4.00. The average Bonchev–Trinajstić information content (AvgIpc) is 2.41. The Labute approximate surface area is 135 Å². The Morgan fingerprint density at radius 2 is 2.19 bits per heavy atom. The fourth-order valence-corrected chi connectivity index (χ4v) is 3.82. The van der Waals surface area contributed by atoms with Crippen molar-refractivity contribution in [2.45, 2.75) is 51.5 Å². The van der Waals surface area contributed by atoms with Crippen LogP contribution in [-0.2, 0) is 4.79 Å². The molecule has 3 nitrogen and oxygen atoms in total. The lowest BCUT2D eigenvalue weighted by Gasteiger charge is -2.39. The van der Waals surface area contributed by atoms with Crippen molar-refractivity contribution in [3.8, 4) is 0 Å². The third-order valence-electron chi connectivity index (χ3n) is 4.31. The van der Waals surface area contributed by atoms with E-state index in [0.717, 1.165) is 29.4 Å². The Hall–Kier alpha value is -1.03. The molecular formula is C17H24BrNO2. The maximum Gasteiger partial charge on any atom is 0.329 e. The lowest BCUT2D eigenvalue weighted by Crippen LogP contribution is -2.50. The molecule has 1 aliphatic rings. The maximum atomic E-state index is 11.9. The number of halogens is 1. The summed E-state index contributed by atoms with van der Waals surface area (Å²) in [4.78, 5) is 11.9. The molecule has 2 unspecified atom stereocenters. The Kier molecular flexibility index (Phi) is 5.31. The van der Waals surface area contributed by atoms with E-state index in [0.29, 0.717) is 24.7 Å². The van der Waals surface area contributed by atoms with Crippen LogP contribution in [0.2, 0.25) is 0 Å². The highest BCUT2D eigenvalue weighted by Crippen LogP contribution is 2.39. The van der Waals surface area contributed by atoms with Crippen LogP contribution in [0.4, 0.5) is 5.69 Å². The standard InChI is InChI=1S/C17H24BrNO2/c1-12(2)10-13-6-5-9-17(11-13,16(20)21)19-15-8-4-3-7-14(15)18/h3-4,7-8,12-13,19H,5-6,9-11H2,1-2H3,(H,20,21). The SMILES string of the molecule is CC(C)CC1CCCC(Nc2ccccc2Br)(C(=O)O)C1. The lowest BCUT2D eigenvalue weighted by atomic mass is 9.73. The van der Waals surface area contributed by atoms with Crippen LogP contribution < -0.4 is 5.32 Å². The van der Waals surface area contributed by atoms with E-state index < -0.39 is 11.5 Å². The average molecular weight is 354 g/mol. The van der Waals surface area contributed by atoms with Crippen LogP contribution in [0.1, 0.15) is 46.0 Å². The van der Waals surface area contributed by atoms with E-state index in [9.17, 15) is 9.90 Å². The van der Waals surface area contributed by atoms with Crippen LogP contribution in [0.15, 0.2) is 28.7 Å². The Morgan fingerprint density at radius 3 is 2.81 bits per heavy atom. The minimum atomic E-state index is -0.832. The van der Waals surface area contributed by atoms with E-state index in [1.165, 1.54) is 0 Å². The summed E-state index contributed by atoms with van der Waals surface area (Å²) in [5.41, 5.74) is 0.0342. The van der Waals surface area contributed by atoms with E-state index in [-0.39, 0.29) is 0 Å². The van der Waals surface area contributed by atoms with Gasteiger partial charge in [-0.3, -0.25) is 0 Å². The van der Waals surface area contributed by atoms with Gasteiger partial charge in [-0.2, -0.15) is 0 Å². The number of aliphatic carboxylic acids is 1. The molecule has 0 aliphatic heterocycles. The summed E-state index contributed by atoms with van der Waals surface area (Å²) in [5.74, 6) is 0.375. The van der Waals surface area contributed by atoms with Crippen LogP contribution in [-0.4, -0.2) is 16.6 Å². The lowest BCUT2D eigenvalue weighted by molar-refractivity contribution is -0.144. The highest BCUT2D eigenvalue weighted by atomic mass is 79.9. The summed E-state index contributed by atoms with van der Waals surface area (Å²) >= 11 is 3.50. The molecular weight excluding hydrogens is 330 g/mol. The van der Waals surface area contributed by atoms with Crippen LogP contribution in [0.25, 0.3) is 0 Å². The molecule has 1 fully saturated rings. The van der Waals surface area contributed by atoms with Crippen molar-refractivity contribution in [3.63, 3.8) is 0 Å². The Bertz CT molecular complexity index is 503. The van der Waals surface area contributed by atoms with E-state index >= 15 is 0 Å². The van der Waals surface area contributed by atoms with Crippen molar-refractivity contribution in [2.75, 3.05) is 5.32 Å². The highest BCUT2D eigenvalue weighted by Gasteiger charge is 2.43. The van der Waals surface area contributed by atoms with Crippen LogP contribution in [0.3, 0.4) is 0 Å². The van der Waals surface area contributed by atoms with Crippen LogP contribution in [0, 0.1) is 11.8 Å². The molecule has 0 bridgehead atoms. The minimum absolute atomic E-state index is 0.491. The number of hydrogen-bond acceptors (Lipinski definition) is 2. The molecule has 0 spiro atoms. The Balaban J connectivity index is 2.20. The number of anilines is 1. The molecule has 0 radical (unpaired) electrons. The molecule has 0 aromatic heterocycles. The second-order valence-electron chi connectivity index (χ2n) is 6.58. The summed E-state index contributed by atoms with van der Waals surface area (Å²) in [6, 6.07) is 7.73. The molecule has 1 saturated carbocycles. The van der Waals surface area contributed by atoms with Crippen molar-refractivity contribution in [2.24, 2.45) is 11.8 Å². The van der Waals surface area contributed by atoms with Crippen molar-refractivity contribution < 1.29 is 9.90 Å². The molecule has 2 rings (SSSR count). The number of carbonyl (C=O) groups is 1. The Morgan fingerprint density at radius 1 is 1.48 bits per heavy atom. The molecule has 0 heterocycles. The van der Waals surface area contributed by atoms with E-state index in [1.54, 1.807) is 0 Å². The predicted octanol–water partition coefficient (Wildman–Crippen LogP) is 4.92. The van der Waals surface area contributed by atoms with Gasteiger partial charge in [0.2, 0.25) is 0 Å². The first-order chi connectivity index (χ1) is 9.93. The first-order valence-electron chi connectivity index (χ1n) is 7.69. The van der Waals surface area contributed by atoms with Crippen molar-refractivity contribution in [1.82, 2.24) is 0 Å². The summed E-state index contributed by atoms with van der Waals surface area (Å²) in [5, 5.41) is 13.1. The number of carboxylic acid groups (broad SMARTS) is 1. The van der Waals surface area contributed by atoms with Gasteiger partial charge in [-0.25, -0.2) is 4.79 Å². The summed E-state index contributed by atoms with van der Waals surface area (Å²) in [6.07, 6.45) is 4.62. The number of nitrogens with one attached hydrogen (secondary N) is 1. The van der Waals surface area contributed by atoms with Gasteiger partial charge in [0.15, 0.2) is 0 Å². The van der Waals surface area contributed by atoms with Gasteiger partial charge in [-0.05, 0) is 59.2 Å². The smallest absolute Gasteiger partial charge is 0.329 e. The van der Waals surface area contributed by atoms with Crippen LogP contribution >= 0.6 is 15.9 Å². The molecule has 116 valence electrons. The van der Waals surface area contributed by atoms with Gasteiger partial charge in [0.25, 0.3) is 0 Å². The van der Waals surface area contributed by atoms with Crippen molar-refractivity contribution in [3.05, 3.63) is 28.7 Å². The van der Waals surface area contributed by atoms with Gasteiger partial charge in [-0.15, -0.1) is 0 Å². The van der Waals surface area contributed by atoms with Crippen molar-refractivity contribution in [1.29, 1.82) is 0 Å². The molecule has 0 saturated heterocycles. The molecule has 1 aromatic rings. The fourth-order valence-electron chi connectivity index (χ4n) is 3.44. The van der Waals surface area contributed by atoms with Crippen molar-refractivity contribution >= 4 is 27.6 Å². The second-order valence-corrected chi connectivity index (χ2v) is 7.44. The first kappa shape index (κ1) is 16.3. The number of hydrogen-bond donors (Lipinski definition) is 2. The number of benzene rings is 1. The van der Waals surface area contributed by atoms with Crippen LogP contribution in [0.5, 0.6) is 0 Å². The number of rotatable bonds is 5. The van der Waals surface area contributed by atoms with Gasteiger partial charge < -0.3 is 10.4 Å². The third-order valence-corrected chi connectivity index (χ3v) is 5.01. The molecule has 1 aliphatic carbocycles. The topological polar surface area (TPSA) is 49.3 Å². The zero-order chi connectivity index (χ0) is 15.5. The van der Waals surface area contributed by atoms with E-state index in [2.05, 4.69) is 35.1 Å². The van der Waals surface area contributed by atoms with Gasteiger partial charge in [-0.1, -0.05) is 38.8 Å². The zero-order valence-electron chi connectivity index (χ0n) is 12.7. The predicted molar refractivity (Wildman–Crippen MR) is 89.5 cm³/mol. The highest BCUT2D eigenvalue weighted by molar-refractivity contribution is 9.10. The molecule has 1 aromatic carbocycles. The summed E-state index contributed by atoms with van der Waals surface area (Å²) in [6.45, 7) is 4.41. The maximum absolute atomic E-state index is 11.9. The largest absolute Gasteiger partial charge is 0.480 e. The molecule has 4 heteroatoms. The summed E-state index contributed by atoms with van der Waals surface area (Å²) < 4.78 is 0.914. The first-order valence-corrected chi connectivity index (χ1v) is 8.48.